The van der Waals surface area contributed by atoms with Crippen LogP contribution >= 0.6 is 0 Å². The lowest BCUT2D eigenvalue weighted by Crippen LogP contribution is -2.57. The molecule has 2 aromatic carbocycles. The van der Waals surface area contributed by atoms with E-state index in [0.717, 1.165) is 0 Å². The first-order valence-electron chi connectivity index (χ1n) is 19.4. The normalized spacial score (nSPS) is 37.1. The largest absolute Gasteiger partial charge is 0.507 e. The zero-order valence-electron chi connectivity index (χ0n) is 32.8. The van der Waals surface area contributed by atoms with E-state index in [0.29, 0.717) is 32.1 Å². The molecule has 13 atom stereocenters. The number of nitrogens with zero attached hydrogens (tertiary/aromatic N) is 1. The topological polar surface area (TPSA) is 200 Å². The highest BCUT2D eigenvalue weighted by Crippen LogP contribution is 2.53. The third-order valence-electron chi connectivity index (χ3n) is 12.1. The molecule has 0 amide bonds. The van der Waals surface area contributed by atoms with Crippen LogP contribution in [0.2, 0.25) is 0 Å². The Morgan fingerprint density at radius 3 is 2.21 bits per heavy atom. The first kappa shape index (κ1) is 40.7. The number of hydrogen-bond acceptors (Lipinski definition) is 15. The number of fused-ring (bicyclic) bond motifs is 3. The Hall–Kier alpha value is -3.51. The van der Waals surface area contributed by atoms with E-state index in [9.17, 15) is 34.8 Å². The molecular formula is C41H53NO14. The average Bonchev–Trinajstić information content (AvgIpc) is 3.13. The number of carbonyl (C=O) groups excluding carboxylic acids is 3. The number of likely N-dealkylation sites (N-methyl/N-ethyl adjacent to an activating group) is 1. The fraction of sp³-hybridized carbons (Fsp3) is 0.634. The van der Waals surface area contributed by atoms with Gasteiger partial charge in [-0.1, -0.05) is 12.1 Å². The number of aromatic hydroxyl groups is 2. The van der Waals surface area contributed by atoms with Crippen molar-refractivity contribution in [2.75, 3.05) is 21.2 Å². The van der Waals surface area contributed by atoms with Crippen LogP contribution in [0.4, 0.5) is 0 Å². The van der Waals surface area contributed by atoms with Crippen LogP contribution in [-0.4, -0.2) is 131 Å². The van der Waals surface area contributed by atoms with Gasteiger partial charge in [0.2, 0.25) is 5.78 Å². The van der Waals surface area contributed by atoms with Crippen LogP contribution in [0.1, 0.15) is 121 Å². The first-order valence-corrected chi connectivity index (χ1v) is 19.4. The Kier molecular flexibility index (Phi) is 11.4. The molecule has 2 aliphatic carbocycles. The lowest BCUT2D eigenvalue weighted by molar-refractivity contribution is -0.314. The second-order valence-electron chi connectivity index (χ2n) is 16.2. The maximum atomic E-state index is 13.9. The van der Waals surface area contributed by atoms with Gasteiger partial charge in [0.1, 0.15) is 23.5 Å². The van der Waals surface area contributed by atoms with Crippen LogP contribution in [0, 0.1) is 0 Å². The molecule has 3 saturated heterocycles. The summed E-state index contributed by atoms with van der Waals surface area (Å²) in [4.78, 5) is 42.9. The summed E-state index contributed by atoms with van der Waals surface area (Å²) in [6.07, 6.45) is -2.58. The molecule has 4 N–H and O–H groups in total. The van der Waals surface area contributed by atoms with E-state index in [-0.39, 0.29) is 64.2 Å². The molecule has 5 aliphatic rings. The second kappa shape index (κ2) is 15.7. The number of rotatable bonds is 8. The molecule has 0 bridgehead atoms. The van der Waals surface area contributed by atoms with Crippen molar-refractivity contribution >= 4 is 17.5 Å². The van der Waals surface area contributed by atoms with Gasteiger partial charge in [-0.05, 0) is 72.3 Å². The summed E-state index contributed by atoms with van der Waals surface area (Å²) in [6.45, 7) is 7.09. The SMILES string of the molecule is COC(=O)[C@H]1c2cc3c(c(O)c2[C@H](O[C@H]2C[C@@H](N(C)C)[C@@H](O[C@@H]4CC[C@H](O[C@@H]5CC[C@@H](O)[C@@H](C)O5)[C@@H](C)O4)[C@@H](C)O2)C[C@]1(C)O)C(=O)c1c(O)cccc1C3=O. The lowest BCUT2D eigenvalue weighted by Gasteiger charge is -2.47. The zero-order valence-corrected chi connectivity index (χ0v) is 32.8. The van der Waals surface area contributed by atoms with E-state index >= 15 is 0 Å². The molecule has 2 aromatic rings. The van der Waals surface area contributed by atoms with Gasteiger partial charge in [-0.25, -0.2) is 0 Å². The number of hydrogen-bond donors (Lipinski definition) is 4. The van der Waals surface area contributed by atoms with Gasteiger partial charge in [0.15, 0.2) is 24.7 Å². The fourth-order valence-electron chi connectivity index (χ4n) is 9.09. The van der Waals surface area contributed by atoms with Gasteiger partial charge < -0.3 is 58.5 Å². The summed E-state index contributed by atoms with van der Waals surface area (Å²) in [6, 6.07) is 5.23. The molecule has 3 aliphatic heterocycles. The summed E-state index contributed by atoms with van der Waals surface area (Å²) in [5.41, 5.74) is -2.41. The number of phenols is 2. The number of aliphatic hydroxyl groups excluding tert-OH is 1. The van der Waals surface area contributed by atoms with Crippen LogP contribution in [0.3, 0.4) is 0 Å². The van der Waals surface area contributed by atoms with Gasteiger partial charge in [-0.2, -0.15) is 0 Å². The van der Waals surface area contributed by atoms with E-state index in [2.05, 4.69) is 0 Å². The van der Waals surface area contributed by atoms with E-state index in [1.54, 1.807) is 0 Å². The van der Waals surface area contributed by atoms with Crippen LogP contribution < -0.4 is 0 Å². The molecule has 15 heteroatoms. The second-order valence-corrected chi connectivity index (χ2v) is 16.2. The molecule has 0 radical (unpaired) electrons. The van der Waals surface area contributed by atoms with Crippen LogP contribution in [0.5, 0.6) is 11.5 Å². The third-order valence-corrected chi connectivity index (χ3v) is 12.1. The number of aliphatic hydroxyl groups is 2. The Morgan fingerprint density at radius 1 is 0.857 bits per heavy atom. The summed E-state index contributed by atoms with van der Waals surface area (Å²) in [7, 11) is 5.01. The molecule has 0 spiro atoms. The minimum atomic E-state index is -1.77. The number of esters is 1. The summed E-state index contributed by atoms with van der Waals surface area (Å²) < 4.78 is 43.1. The van der Waals surface area contributed by atoms with Crippen LogP contribution in [-0.2, 0) is 38.0 Å². The van der Waals surface area contributed by atoms with Gasteiger partial charge in [0.05, 0.1) is 60.5 Å². The van der Waals surface area contributed by atoms with Gasteiger partial charge in [0.25, 0.3) is 0 Å². The predicted molar refractivity (Wildman–Crippen MR) is 196 cm³/mol. The van der Waals surface area contributed by atoms with E-state index < -0.39 is 83.8 Å². The lowest BCUT2D eigenvalue weighted by atomic mass is 9.68. The molecule has 56 heavy (non-hydrogen) atoms. The van der Waals surface area contributed by atoms with E-state index in [1.165, 1.54) is 38.3 Å². The molecule has 3 fully saturated rings. The number of ether oxygens (including phenoxy) is 7. The molecule has 3 heterocycles. The molecule has 306 valence electrons. The van der Waals surface area contributed by atoms with E-state index in [4.69, 9.17) is 33.2 Å². The van der Waals surface area contributed by atoms with Crippen molar-refractivity contribution in [1.29, 1.82) is 0 Å². The van der Waals surface area contributed by atoms with Gasteiger partial charge >= 0.3 is 5.97 Å². The maximum absolute atomic E-state index is 13.9. The van der Waals surface area contributed by atoms with Crippen LogP contribution in [0.25, 0.3) is 0 Å². The summed E-state index contributed by atoms with van der Waals surface area (Å²) in [5.74, 6) is -4.52. The number of carbonyl (C=O) groups is 3. The number of phenolic OH excluding ortho intramolecular Hbond substituents is 2. The molecular weight excluding hydrogens is 730 g/mol. The maximum Gasteiger partial charge on any atom is 0.316 e. The van der Waals surface area contributed by atoms with Crippen molar-refractivity contribution in [2.24, 2.45) is 0 Å². The monoisotopic (exact) mass is 783 g/mol. The number of benzene rings is 2. The Bertz CT molecular complexity index is 1850. The Labute approximate surface area is 325 Å². The van der Waals surface area contributed by atoms with Crippen molar-refractivity contribution < 1.29 is 68.0 Å². The van der Waals surface area contributed by atoms with Crippen molar-refractivity contribution in [1.82, 2.24) is 4.90 Å². The first-order chi connectivity index (χ1) is 26.5. The third kappa shape index (κ3) is 7.38. The van der Waals surface area contributed by atoms with Crippen molar-refractivity contribution in [3.8, 4) is 11.5 Å². The van der Waals surface area contributed by atoms with Crippen molar-refractivity contribution in [3.05, 3.63) is 57.6 Å². The van der Waals surface area contributed by atoms with Gasteiger partial charge in [-0.3, -0.25) is 14.4 Å². The van der Waals surface area contributed by atoms with Crippen molar-refractivity contribution in [3.63, 3.8) is 0 Å². The number of methoxy groups -OCH3 is 1. The zero-order chi connectivity index (χ0) is 40.4. The fourth-order valence-corrected chi connectivity index (χ4v) is 9.09. The molecule has 7 rings (SSSR count). The van der Waals surface area contributed by atoms with Gasteiger partial charge in [-0.15, -0.1) is 0 Å². The molecule has 0 saturated carbocycles. The molecule has 0 aromatic heterocycles. The average molecular weight is 784 g/mol. The summed E-state index contributed by atoms with van der Waals surface area (Å²) >= 11 is 0. The Balaban J connectivity index is 1.11. The molecule has 0 unspecified atom stereocenters. The van der Waals surface area contributed by atoms with E-state index in [1.807, 2.05) is 39.8 Å². The smallest absolute Gasteiger partial charge is 0.316 e. The highest BCUT2D eigenvalue weighted by atomic mass is 16.7. The highest BCUT2D eigenvalue weighted by Gasteiger charge is 2.52. The van der Waals surface area contributed by atoms with Crippen LogP contribution in [0.15, 0.2) is 24.3 Å². The summed E-state index contributed by atoms with van der Waals surface area (Å²) in [5, 5.41) is 44.3. The minimum Gasteiger partial charge on any atom is -0.507 e. The number of ketones is 2. The molecule has 15 nitrogen and oxygen atoms in total. The quantitative estimate of drug-likeness (QED) is 0.242. The van der Waals surface area contributed by atoms with Gasteiger partial charge in [0, 0.05) is 48.4 Å². The highest BCUT2D eigenvalue weighted by molar-refractivity contribution is 6.30. The van der Waals surface area contributed by atoms with Crippen molar-refractivity contribution in [2.45, 2.75) is 145 Å². The standard InChI is InChI=1S/C41H53NO14/c1-18-25(43)11-13-29(51-18)54-27-12-14-30(52-19(27)2)56-39-20(3)53-31(16-24(39)42(5)6)55-28-17-41(4,49)35(40(48)50-7)22-15-23-34(38(47)33(22)28)37(46)32-21(36(23)45)9-8-10-26(32)44/h8-10,15,18-20,24-25,27-31,35,39,43-44,47,49H,11-14,16-17H2,1-7H3/t18-,19-,20-,24-,25-,27+,28-,29-,30-,31+,35-,39+,41+/m1/s1. The Morgan fingerprint density at radius 2 is 1.54 bits per heavy atom. The minimum absolute atomic E-state index is 0.0468. The predicted octanol–water partition coefficient (Wildman–Crippen LogP) is 3.59.